The van der Waals surface area contributed by atoms with E-state index < -0.39 is 17.9 Å². The Morgan fingerprint density at radius 1 is 0.952 bits per heavy atom. The van der Waals surface area contributed by atoms with Crippen molar-refractivity contribution in [1.82, 2.24) is 20.2 Å². The molecule has 1 saturated heterocycles. The molecule has 1 aliphatic rings. The van der Waals surface area contributed by atoms with E-state index in [-0.39, 0.29) is 12.2 Å². The second-order valence-electron chi connectivity index (χ2n) is 10.2. The first-order valence-electron chi connectivity index (χ1n) is 13.9. The molecule has 0 radical (unpaired) electrons. The highest BCUT2D eigenvalue weighted by Crippen LogP contribution is 2.26. The molecule has 2 heterocycles. The first kappa shape index (κ1) is 28.9. The van der Waals surface area contributed by atoms with Crippen LogP contribution in [0.25, 0.3) is 11.3 Å². The third-order valence-electron chi connectivity index (χ3n) is 7.15. The fourth-order valence-corrected chi connectivity index (χ4v) is 5.09. The molecule has 5 rings (SSSR count). The molecule has 0 aliphatic carbocycles. The van der Waals surface area contributed by atoms with Gasteiger partial charge in [-0.2, -0.15) is 5.10 Å². The quantitative estimate of drug-likeness (QED) is 0.210. The molecule has 4 aromatic rings. The fourth-order valence-electron chi connectivity index (χ4n) is 4.96. The number of halogens is 2. The molecule has 3 N–H and O–H groups in total. The molecule has 0 bridgehead atoms. The second-order valence-corrected chi connectivity index (χ2v) is 10.6. The average Bonchev–Trinajstić information content (AvgIpc) is 3.42. The molecule has 0 spiro atoms. The molecule has 218 valence electrons. The third kappa shape index (κ3) is 7.38. The van der Waals surface area contributed by atoms with Crippen LogP contribution in [0.3, 0.4) is 0 Å². The van der Waals surface area contributed by atoms with Gasteiger partial charge in [0.1, 0.15) is 5.82 Å². The smallest absolute Gasteiger partial charge is 0.340 e. The lowest BCUT2D eigenvalue weighted by molar-refractivity contribution is 0.183. The van der Waals surface area contributed by atoms with Gasteiger partial charge in [0, 0.05) is 54.8 Å². The summed E-state index contributed by atoms with van der Waals surface area (Å²) in [4.78, 5) is 28.4. The van der Waals surface area contributed by atoms with E-state index in [1.165, 1.54) is 11.1 Å². The molecule has 0 saturated carbocycles. The summed E-state index contributed by atoms with van der Waals surface area (Å²) in [5, 5.41) is 11.5. The Morgan fingerprint density at radius 2 is 1.71 bits per heavy atom. The molecule has 0 atom stereocenters. The van der Waals surface area contributed by atoms with Crippen LogP contribution in [0.15, 0.2) is 79.0 Å². The second kappa shape index (κ2) is 13.4. The maximum Gasteiger partial charge on any atom is 0.340 e. The lowest BCUT2D eigenvalue weighted by atomic mass is 10.1. The van der Waals surface area contributed by atoms with Gasteiger partial charge in [-0.3, -0.25) is 4.68 Å². The van der Waals surface area contributed by atoms with E-state index in [1.807, 2.05) is 48.3 Å². The summed E-state index contributed by atoms with van der Waals surface area (Å²) in [7, 11) is 1.84. The summed E-state index contributed by atoms with van der Waals surface area (Å²) >= 11 is 6.01. The lowest BCUT2D eigenvalue weighted by Crippen LogP contribution is -2.50. The van der Waals surface area contributed by atoms with Gasteiger partial charge >= 0.3 is 12.1 Å². The monoisotopic (exact) mass is 589 g/mol. The van der Waals surface area contributed by atoms with Gasteiger partial charge in [-0.1, -0.05) is 35.9 Å². The van der Waals surface area contributed by atoms with Crippen LogP contribution in [-0.4, -0.2) is 46.5 Å². The van der Waals surface area contributed by atoms with Gasteiger partial charge in [0.2, 0.25) is 0 Å². The minimum absolute atomic E-state index is 0.171. The Kier molecular flexibility index (Phi) is 9.23. The van der Waals surface area contributed by atoms with Crippen molar-refractivity contribution in [2.45, 2.75) is 25.7 Å². The van der Waals surface area contributed by atoms with Gasteiger partial charge in [0.05, 0.1) is 11.4 Å². The fraction of sp³-hybridized carbons (Fsp3) is 0.258. The standard InChI is InChI=1S/C31H33ClFN7O2/c1-38-28(14-16-34-38)23-6-5-7-25(20-23)36-31(42)40(19-15-22-8-10-24(32)11-9-22)37-30(41)35-26-12-13-29(27(33)21-26)39-17-3-2-4-18-39/h5-14,16,20-21H,2-4,15,17-19H2,1H3,(H,36,42)(H2,35,37,41). The third-order valence-corrected chi connectivity index (χ3v) is 7.40. The Balaban J connectivity index is 1.28. The Bertz CT molecular complexity index is 1540. The Labute approximate surface area is 249 Å². The highest BCUT2D eigenvalue weighted by Gasteiger charge is 2.19. The van der Waals surface area contributed by atoms with E-state index in [1.54, 1.807) is 41.2 Å². The van der Waals surface area contributed by atoms with Crippen LogP contribution in [0, 0.1) is 5.82 Å². The van der Waals surface area contributed by atoms with E-state index in [4.69, 9.17) is 11.6 Å². The summed E-state index contributed by atoms with van der Waals surface area (Å²) in [5.74, 6) is -0.402. The molecule has 9 nitrogen and oxygen atoms in total. The zero-order valence-electron chi connectivity index (χ0n) is 23.3. The minimum Gasteiger partial charge on any atom is -0.369 e. The van der Waals surface area contributed by atoms with E-state index >= 15 is 0 Å². The average molecular weight is 590 g/mol. The van der Waals surface area contributed by atoms with Crippen molar-refractivity contribution in [2.24, 2.45) is 7.05 Å². The number of benzene rings is 3. The highest BCUT2D eigenvalue weighted by atomic mass is 35.5. The van der Waals surface area contributed by atoms with Crippen LogP contribution in [0.1, 0.15) is 24.8 Å². The zero-order valence-corrected chi connectivity index (χ0v) is 24.1. The van der Waals surface area contributed by atoms with Crippen molar-refractivity contribution in [2.75, 3.05) is 35.2 Å². The number of nitrogens with one attached hydrogen (secondary N) is 3. The molecular formula is C31H33ClFN7O2. The topological polar surface area (TPSA) is 94.5 Å². The van der Waals surface area contributed by atoms with E-state index in [9.17, 15) is 14.0 Å². The van der Waals surface area contributed by atoms with Crippen molar-refractivity contribution < 1.29 is 14.0 Å². The van der Waals surface area contributed by atoms with Gasteiger partial charge in [-0.25, -0.2) is 24.4 Å². The predicted molar refractivity (Wildman–Crippen MR) is 164 cm³/mol. The molecule has 11 heteroatoms. The Hall–Kier alpha value is -4.57. The predicted octanol–water partition coefficient (Wildman–Crippen LogP) is 6.68. The van der Waals surface area contributed by atoms with Crippen LogP contribution in [-0.2, 0) is 13.5 Å². The van der Waals surface area contributed by atoms with Crippen LogP contribution in [0.2, 0.25) is 5.02 Å². The number of hydrogen-bond donors (Lipinski definition) is 3. The summed E-state index contributed by atoms with van der Waals surface area (Å²) in [5.41, 5.74) is 6.68. The van der Waals surface area contributed by atoms with Gasteiger partial charge in [-0.05, 0) is 79.8 Å². The van der Waals surface area contributed by atoms with Crippen molar-refractivity contribution in [3.05, 3.63) is 95.4 Å². The number of hydrazine groups is 1. The van der Waals surface area contributed by atoms with Crippen LogP contribution >= 0.6 is 11.6 Å². The van der Waals surface area contributed by atoms with Crippen molar-refractivity contribution >= 4 is 40.7 Å². The van der Waals surface area contributed by atoms with Crippen LogP contribution < -0.4 is 21.0 Å². The number of carbonyl (C=O) groups excluding carboxylic acids is 2. The number of rotatable bonds is 7. The lowest BCUT2D eigenvalue weighted by Gasteiger charge is -2.29. The number of anilines is 3. The van der Waals surface area contributed by atoms with E-state index in [0.717, 1.165) is 49.2 Å². The van der Waals surface area contributed by atoms with E-state index in [2.05, 4.69) is 21.2 Å². The molecule has 0 unspecified atom stereocenters. The van der Waals surface area contributed by atoms with Crippen molar-refractivity contribution in [3.8, 4) is 11.3 Å². The van der Waals surface area contributed by atoms with Gasteiger partial charge in [-0.15, -0.1) is 0 Å². The van der Waals surface area contributed by atoms with E-state index in [0.29, 0.717) is 22.8 Å². The minimum atomic E-state index is -0.671. The van der Waals surface area contributed by atoms with Crippen LogP contribution in [0.5, 0.6) is 0 Å². The largest absolute Gasteiger partial charge is 0.369 e. The molecule has 1 aromatic heterocycles. The number of piperidine rings is 1. The number of urea groups is 2. The maximum absolute atomic E-state index is 14.9. The van der Waals surface area contributed by atoms with Gasteiger partial charge < -0.3 is 15.5 Å². The Morgan fingerprint density at radius 3 is 2.43 bits per heavy atom. The number of aryl methyl sites for hydroxylation is 1. The normalized spacial score (nSPS) is 13.0. The first-order valence-corrected chi connectivity index (χ1v) is 14.3. The molecule has 4 amide bonds. The summed E-state index contributed by atoms with van der Waals surface area (Å²) < 4.78 is 16.7. The highest BCUT2D eigenvalue weighted by molar-refractivity contribution is 6.30. The molecule has 1 aliphatic heterocycles. The van der Waals surface area contributed by atoms with Crippen LogP contribution in [0.4, 0.5) is 31.0 Å². The van der Waals surface area contributed by atoms with Gasteiger partial charge in [0.15, 0.2) is 0 Å². The maximum atomic E-state index is 14.9. The van der Waals surface area contributed by atoms with Gasteiger partial charge in [0.25, 0.3) is 0 Å². The van der Waals surface area contributed by atoms with Crippen molar-refractivity contribution in [1.29, 1.82) is 0 Å². The number of amides is 4. The first-order chi connectivity index (χ1) is 20.4. The zero-order chi connectivity index (χ0) is 29.5. The molecule has 1 fully saturated rings. The summed E-state index contributed by atoms with van der Waals surface area (Å²) in [6.07, 6.45) is 5.37. The summed E-state index contributed by atoms with van der Waals surface area (Å²) in [6.45, 7) is 1.80. The number of carbonyl (C=O) groups is 2. The number of aromatic nitrogens is 2. The summed E-state index contributed by atoms with van der Waals surface area (Å²) in [6, 6.07) is 19.9. The van der Waals surface area contributed by atoms with Crippen molar-refractivity contribution in [3.63, 3.8) is 0 Å². The number of hydrogen-bond acceptors (Lipinski definition) is 4. The molecule has 3 aromatic carbocycles. The molecule has 42 heavy (non-hydrogen) atoms. The molecular weight excluding hydrogens is 557 g/mol. The number of nitrogens with zero attached hydrogens (tertiary/aromatic N) is 4. The SMILES string of the molecule is Cn1nccc1-c1cccc(NC(=O)N(CCc2ccc(Cl)cc2)NC(=O)Nc2ccc(N3CCCCC3)c(F)c2)c1.